The fourth-order valence-electron chi connectivity index (χ4n) is 2.74. The summed E-state index contributed by atoms with van der Waals surface area (Å²) in [7, 11) is 0. The minimum Gasteiger partial charge on any atom is -0.506 e. The summed E-state index contributed by atoms with van der Waals surface area (Å²) in [5.41, 5.74) is 5.49. The summed E-state index contributed by atoms with van der Waals surface area (Å²) in [6.45, 7) is 0. The van der Waals surface area contributed by atoms with Gasteiger partial charge in [-0.1, -0.05) is 41.2 Å². The molecule has 1 amide bonds. The van der Waals surface area contributed by atoms with Gasteiger partial charge in [0.15, 0.2) is 5.56 Å². The minimum atomic E-state index is -0.956. The fourth-order valence-corrected chi connectivity index (χ4v) is 5.07. The number of hydrazine groups is 1. The van der Waals surface area contributed by atoms with Gasteiger partial charge >= 0.3 is 5.63 Å². The van der Waals surface area contributed by atoms with Crippen molar-refractivity contribution in [2.45, 2.75) is 10.1 Å². The smallest absolute Gasteiger partial charge is 0.353 e. The Bertz CT molecular complexity index is 1120. The second-order valence-corrected chi connectivity index (χ2v) is 9.10. The number of halogens is 1. The number of fused-ring (bicyclic) bond motifs is 1. The first-order chi connectivity index (χ1) is 14.0. The molecule has 2 aromatic heterocycles. The van der Waals surface area contributed by atoms with Crippen LogP contribution < -0.4 is 21.8 Å². The lowest BCUT2D eigenvalue weighted by Crippen LogP contribution is -2.54. The van der Waals surface area contributed by atoms with Crippen LogP contribution in [-0.4, -0.2) is 26.2 Å². The average Bonchev–Trinajstić information content (AvgIpc) is 3.15. The van der Waals surface area contributed by atoms with E-state index in [1.165, 1.54) is 41.7 Å². The molecule has 1 aliphatic heterocycles. The topological polar surface area (TPSA) is 116 Å². The molecule has 1 aromatic carbocycles. The molecule has 3 aromatic rings. The van der Waals surface area contributed by atoms with Crippen molar-refractivity contribution in [1.82, 2.24) is 21.2 Å². The van der Waals surface area contributed by atoms with Gasteiger partial charge in [0.25, 0.3) is 5.91 Å². The van der Waals surface area contributed by atoms with Crippen LogP contribution in [0.25, 0.3) is 11.0 Å². The summed E-state index contributed by atoms with van der Waals surface area (Å²) in [6.07, 6.45) is 1.69. The number of hydrogen-bond donors (Lipinski definition) is 4. The highest BCUT2D eigenvalue weighted by molar-refractivity contribution is 8.17. The zero-order chi connectivity index (χ0) is 20.4. The normalized spacial score (nSPS) is 18.8. The SMILES string of the molecule is O=C(NC1(SCc2ccccn2)NNCS1)c1c(O)c2ccc(Cl)cc2oc1=O. The molecule has 1 unspecified atom stereocenters. The number of benzene rings is 1. The van der Waals surface area contributed by atoms with Crippen molar-refractivity contribution in [2.75, 3.05) is 5.88 Å². The lowest BCUT2D eigenvalue weighted by Gasteiger charge is -2.28. The zero-order valence-corrected chi connectivity index (χ0v) is 17.2. The van der Waals surface area contributed by atoms with Gasteiger partial charge in [0, 0.05) is 23.0 Å². The van der Waals surface area contributed by atoms with Crippen LogP contribution >= 0.6 is 35.1 Å². The molecule has 1 fully saturated rings. The molecule has 0 spiro atoms. The van der Waals surface area contributed by atoms with Gasteiger partial charge in [0.2, 0.25) is 4.33 Å². The Morgan fingerprint density at radius 1 is 1.41 bits per heavy atom. The monoisotopic (exact) mass is 450 g/mol. The van der Waals surface area contributed by atoms with Crippen molar-refractivity contribution in [3.8, 4) is 5.75 Å². The van der Waals surface area contributed by atoms with Crippen LogP contribution in [0.3, 0.4) is 0 Å². The second kappa shape index (κ2) is 8.25. The lowest BCUT2D eigenvalue weighted by molar-refractivity contribution is 0.0932. The van der Waals surface area contributed by atoms with Crippen LogP contribution in [0.5, 0.6) is 5.75 Å². The highest BCUT2D eigenvalue weighted by atomic mass is 35.5. The standard InChI is InChI=1S/C18H15ClN4O4S2/c19-10-4-5-12-13(7-10)27-17(26)14(15(12)24)16(25)22-18(23-21-9-29-18)28-8-11-3-1-2-6-20-11/h1-7,21,23-24H,8-9H2,(H,22,25). The van der Waals surface area contributed by atoms with E-state index in [0.29, 0.717) is 16.7 Å². The van der Waals surface area contributed by atoms with Gasteiger partial charge in [-0.3, -0.25) is 9.78 Å². The Hall–Kier alpha value is -2.24. The number of pyridine rings is 1. The van der Waals surface area contributed by atoms with E-state index in [1.807, 2.05) is 18.2 Å². The first-order valence-electron chi connectivity index (χ1n) is 8.43. The van der Waals surface area contributed by atoms with E-state index in [9.17, 15) is 14.7 Å². The molecule has 0 bridgehead atoms. The molecule has 1 atom stereocenters. The second-order valence-electron chi connectivity index (χ2n) is 6.02. The molecule has 11 heteroatoms. The van der Waals surface area contributed by atoms with Crippen molar-refractivity contribution in [1.29, 1.82) is 0 Å². The fraction of sp³-hybridized carbons (Fsp3) is 0.167. The molecule has 0 saturated carbocycles. The van der Waals surface area contributed by atoms with Gasteiger partial charge in [-0.15, -0.1) is 0 Å². The van der Waals surface area contributed by atoms with Crippen molar-refractivity contribution in [3.63, 3.8) is 0 Å². The summed E-state index contributed by atoms with van der Waals surface area (Å²) in [5, 5.41) is 13.9. The number of rotatable bonds is 5. The quantitative estimate of drug-likeness (QED) is 0.343. The molecule has 1 aliphatic rings. The Labute approximate surface area is 178 Å². The summed E-state index contributed by atoms with van der Waals surface area (Å²) < 4.78 is 4.23. The number of carbonyl (C=O) groups is 1. The largest absolute Gasteiger partial charge is 0.506 e. The van der Waals surface area contributed by atoms with Crippen LogP contribution in [0.1, 0.15) is 16.1 Å². The summed E-state index contributed by atoms with van der Waals surface area (Å²) in [6, 6.07) is 10.0. The number of aromatic nitrogens is 1. The zero-order valence-electron chi connectivity index (χ0n) is 14.8. The molecular formula is C18H15ClN4O4S2. The van der Waals surface area contributed by atoms with E-state index in [0.717, 1.165) is 5.69 Å². The number of thioether (sulfide) groups is 2. The van der Waals surface area contributed by atoms with E-state index >= 15 is 0 Å². The van der Waals surface area contributed by atoms with Crippen molar-refractivity contribution < 1.29 is 14.3 Å². The molecule has 1 saturated heterocycles. The maximum Gasteiger partial charge on any atom is 0.353 e. The summed E-state index contributed by atoms with van der Waals surface area (Å²) in [5.74, 6) is -0.164. The van der Waals surface area contributed by atoms with Gasteiger partial charge in [-0.2, -0.15) is 0 Å². The number of nitrogens with zero attached hydrogens (tertiary/aromatic N) is 1. The number of amides is 1. The molecule has 4 rings (SSSR count). The first-order valence-corrected chi connectivity index (χ1v) is 10.8. The summed E-state index contributed by atoms with van der Waals surface area (Å²) >= 11 is 8.68. The highest BCUT2D eigenvalue weighted by Crippen LogP contribution is 2.37. The van der Waals surface area contributed by atoms with Crippen LogP contribution in [0, 0.1) is 0 Å². The Kier molecular flexibility index (Phi) is 5.70. The maximum absolute atomic E-state index is 12.9. The van der Waals surface area contributed by atoms with Gasteiger partial charge in [0.1, 0.15) is 11.3 Å². The Balaban J connectivity index is 1.61. The van der Waals surface area contributed by atoms with Crippen molar-refractivity contribution in [3.05, 3.63) is 69.3 Å². The summed E-state index contributed by atoms with van der Waals surface area (Å²) in [4.78, 5) is 29.5. The highest BCUT2D eigenvalue weighted by Gasteiger charge is 2.38. The van der Waals surface area contributed by atoms with Gasteiger partial charge in [0.05, 0.1) is 17.0 Å². The number of aromatic hydroxyl groups is 1. The minimum absolute atomic E-state index is 0.103. The van der Waals surface area contributed by atoms with E-state index < -0.39 is 27.2 Å². The third kappa shape index (κ3) is 4.21. The predicted molar refractivity (Wildman–Crippen MR) is 114 cm³/mol. The number of hydrogen-bond acceptors (Lipinski definition) is 9. The Morgan fingerprint density at radius 3 is 3.00 bits per heavy atom. The molecular weight excluding hydrogens is 436 g/mol. The third-order valence-electron chi connectivity index (χ3n) is 4.10. The average molecular weight is 451 g/mol. The van der Waals surface area contributed by atoms with E-state index in [4.69, 9.17) is 16.0 Å². The molecule has 29 heavy (non-hydrogen) atoms. The molecule has 0 aliphatic carbocycles. The maximum atomic E-state index is 12.9. The number of carbonyl (C=O) groups excluding carboxylic acids is 1. The van der Waals surface area contributed by atoms with Crippen LogP contribution in [0.15, 0.2) is 51.8 Å². The van der Waals surface area contributed by atoms with Crippen molar-refractivity contribution in [2.24, 2.45) is 0 Å². The van der Waals surface area contributed by atoms with E-state index in [1.54, 1.807) is 6.20 Å². The predicted octanol–water partition coefficient (Wildman–Crippen LogP) is 2.62. The number of nitrogens with one attached hydrogen (secondary N) is 3. The van der Waals surface area contributed by atoms with Gasteiger partial charge in [-0.25, -0.2) is 15.6 Å². The third-order valence-corrected chi connectivity index (χ3v) is 6.99. The van der Waals surface area contributed by atoms with Crippen molar-refractivity contribution >= 4 is 52.0 Å². The van der Waals surface area contributed by atoms with Crippen LogP contribution in [0.2, 0.25) is 5.02 Å². The van der Waals surface area contributed by atoms with Gasteiger partial charge < -0.3 is 14.8 Å². The molecule has 3 heterocycles. The Morgan fingerprint density at radius 2 is 2.28 bits per heavy atom. The molecule has 8 nitrogen and oxygen atoms in total. The molecule has 0 radical (unpaired) electrons. The molecule has 4 N–H and O–H groups in total. The molecule has 150 valence electrons. The first kappa shape index (κ1) is 20.0. The van der Waals surface area contributed by atoms with Crippen LogP contribution in [0.4, 0.5) is 0 Å². The van der Waals surface area contributed by atoms with Crippen LogP contribution in [-0.2, 0) is 5.75 Å². The van der Waals surface area contributed by atoms with E-state index in [2.05, 4.69) is 21.2 Å². The lowest BCUT2D eigenvalue weighted by atomic mass is 10.1. The van der Waals surface area contributed by atoms with E-state index in [-0.39, 0.29) is 11.0 Å². The van der Waals surface area contributed by atoms with Gasteiger partial charge in [-0.05, 0) is 24.3 Å².